The summed E-state index contributed by atoms with van der Waals surface area (Å²) in [4.78, 5) is 0. The molecule has 0 unspecified atom stereocenters. The van der Waals surface area contributed by atoms with Crippen LogP contribution in [-0.4, -0.2) is 17.3 Å². The van der Waals surface area contributed by atoms with Gasteiger partial charge in [0.05, 0.1) is 24.8 Å². The van der Waals surface area contributed by atoms with Gasteiger partial charge in [0.2, 0.25) is 0 Å². The van der Waals surface area contributed by atoms with E-state index in [0.29, 0.717) is 13.2 Å². The summed E-state index contributed by atoms with van der Waals surface area (Å²) in [5.74, 6) is 0. The normalized spacial score (nSPS) is 20.5. The van der Waals surface area contributed by atoms with Crippen LogP contribution in [0.15, 0.2) is 79.0 Å². The number of rotatable bonds is 5. The van der Waals surface area contributed by atoms with Crippen molar-refractivity contribution in [3.8, 4) is 0 Å². The van der Waals surface area contributed by atoms with E-state index in [1.165, 1.54) is 16.5 Å². The summed E-state index contributed by atoms with van der Waals surface area (Å²) in [6.45, 7) is 1.23. The van der Waals surface area contributed by atoms with Crippen molar-refractivity contribution in [1.82, 2.24) is 4.57 Å². The first kappa shape index (κ1) is 15.2. The van der Waals surface area contributed by atoms with E-state index in [9.17, 15) is 0 Å². The first-order chi connectivity index (χ1) is 11.9. The predicted octanol–water partition coefficient (Wildman–Crippen LogP) is 4.70. The summed E-state index contributed by atoms with van der Waals surface area (Å²) in [7, 11) is 0. The molecule has 0 radical (unpaired) electrons. The minimum atomic E-state index is -0.0658. The van der Waals surface area contributed by atoms with E-state index >= 15 is 0 Å². The van der Waals surface area contributed by atoms with Crippen LogP contribution in [0.4, 0.5) is 0 Å². The van der Waals surface area contributed by atoms with Crippen molar-refractivity contribution in [2.45, 2.75) is 25.4 Å². The van der Waals surface area contributed by atoms with E-state index < -0.39 is 0 Å². The molecule has 24 heavy (non-hydrogen) atoms. The third kappa shape index (κ3) is 3.28. The molecule has 0 N–H and O–H groups in total. The molecule has 2 aromatic carbocycles. The molecule has 3 heteroatoms. The number of nitrogens with zero attached hydrogens (tertiary/aromatic N) is 1. The van der Waals surface area contributed by atoms with E-state index in [-0.39, 0.29) is 12.3 Å². The number of para-hydroxylation sites is 1. The summed E-state index contributed by atoms with van der Waals surface area (Å²) in [6.07, 6.45) is 7.32. The van der Waals surface area contributed by atoms with Gasteiger partial charge in [0, 0.05) is 6.20 Å². The minimum Gasteiger partial charge on any atom is -0.374 e. The lowest BCUT2D eigenvalue weighted by atomic mass is 10.2. The lowest BCUT2D eigenvalue weighted by Crippen LogP contribution is -2.26. The Kier molecular flexibility index (Phi) is 4.45. The highest BCUT2D eigenvalue weighted by Gasteiger charge is 2.20. The Hall–Kier alpha value is -2.36. The molecule has 122 valence electrons. The molecule has 0 saturated heterocycles. The third-order valence-electron chi connectivity index (χ3n) is 4.35. The van der Waals surface area contributed by atoms with Gasteiger partial charge in [-0.05, 0) is 35.6 Å². The van der Waals surface area contributed by atoms with E-state index in [1.807, 2.05) is 18.2 Å². The fourth-order valence-corrected chi connectivity index (χ4v) is 3.12. The SMILES string of the molecule is C1=C[C@@H](n2ccc3ccccc32)O[C@H](COCc2ccccc2)C1. The Balaban J connectivity index is 1.39. The van der Waals surface area contributed by atoms with E-state index in [0.717, 1.165) is 6.42 Å². The summed E-state index contributed by atoms with van der Waals surface area (Å²) < 4.78 is 14.2. The molecule has 2 atom stereocenters. The van der Waals surface area contributed by atoms with Gasteiger partial charge < -0.3 is 14.0 Å². The molecule has 3 aromatic rings. The number of hydrogen-bond acceptors (Lipinski definition) is 2. The van der Waals surface area contributed by atoms with Gasteiger partial charge in [-0.3, -0.25) is 0 Å². The van der Waals surface area contributed by atoms with E-state index in [4.69, 9.17) is 9.47 Å². The molecule has 1 aliphatic rings. The molecular weight excluding hydrogens is 298 g/mol. The molecule has 2 heterocycles. The van der Waals surface area contributed by atoms with Crippen molar-refractivity contribution < 1.29 is 9.47 Å². The molecule has 4 rings (SSSR count). The average molecular weight is 319 g/mol. The zero-order valence-corrected chi connectivity index (χ0v) is 13.5. The van der Waals surface area contributed by atoms with Crippen molar-refractivity contribution in [3.05, 3.63) is 84.6 Å². The topological polar surface area (TPSA) is 23.4 Å². The first-order valence-corrected chi connectivity index (χ1v) is 8.39. The fraction of sp³-hybridized carbons (Fsp3) is 0.238. The average Bonchev–Trinajstić information content (AvgIpc) is 3.07. The molecular formula is C21H21NO2. The van der Waals surface area contributed by atoms with Crippen LogP contribution in [0.3, 0.4) is 0 Å². The second-order valence-corrected chi connectivity index (χ2v) is 6.10. The summed E-state index contributed by atoms with van der Waals surface area (Å²) in [6, 6.07) is 20.7. The van der Waals surface area contributed by atoms with Gasteiger partial charge in [-0.2, -0.15) is 0 Å². The van der Waals surface area contributed by atoms with Crippen LogP contribution < -0.4 is 0 Å². The molecule has 0 spiro atoms. The van der Waals surface area contributed by atoms with Crippen LogP contribution >= 0.6 is 0 Å². The van der Waals surface area contributed by atoms with Crippen molar-refractivity contribution in [2.75, 3.05) is 6.61 Å². The molecule has 1 aliphatic heterocycles. The quantitative estimate of drug-likeness (QED) is 0.636. The third-order valence-corrected chi connectivity index (χ3v) is 4.35. The molecule has 1 aromatic heterocycles. The highest BCUT2D eigenvalue weighted by atomic mass is 16.5. The Morgan fingerprint density at radius 1 is 1.00 bits per heavy atom. The first-order valence-electron chi connectivity index (χ1n) is 8.39. The highest BCUT2D eigenvalue weighted by Crippen LogP contribution is 2.26. The molecule has 3 nitrogen and oxygen atoms in total. The Labute approximate surface area is 142 Å². The number of fused-ring (bicyclic) bond motifs is 1. The van der Waals surface area contributed by atoms with Crippen LogP contribution in [0, 0.1) is 0 Å². The van der Waals surface area contributed by atoms with Crippen molar-refractivity contribution in [3.63, 3.8) is 0 Å². The second-order valence-electron chi connectivity index (χ2n) is 6.10. The lowest BCUT2D eigenvalue weighted by Gasteiger charge is -2.27. The summed E-state index contributed by atoms with van der Waals surface area (Å²) >= 11 is 0. The Morgan fingerprint density at radius 3 is 2.75 bits per heavy atom. The number of hydrogen-bond donors (Lipinski definition) is 0. The smallest absolute Gasteiger partial charge is 0.153 e. The molecule has 0 saturated carbocycles. The van der Waals surface area contributed by atoms with Gasteiger partial charge in [0.15, 0.2) is 6.23 Å². The summed E-state index contributed by atoms with van der Waals surface area (Å²) in [5, 5.41) is 1.23. The van der Waals surface area contributed by atoms with Crippen molar-refractivity contribution in [2.24, 2.45) is 0 Å². The largest absolute Gasteiger partial charge is 0.374 e. The zero-order valence-electron chi connectivity index (χ0n) is 13.5. The zero-order chi connectivity index (χ0) is 16.2. The van der Waals surface area contributed by atoms with Crippen LogP contribution in [-0.2, 0) is 16.1 Å². The predicted molar refractivity (Wildman–Crippen MR) is 95.7 cm³/mol. The molecule has 0 aliphatic carbocycles. The van der Waals surface area contributed by atoms with E-state index in [2.05, 4.69) is 65.4 Å². The van der Waals surface area contributed by atoms with Crippen molar-refractivity contribution in [1.29, 1.82) is 0 Å². The second kappa shape index (κ2) is 7.04. The van der Waals surface area contributed by atoms with Crippen LogP contribution in [0.5, 0.6) is 0 Å². The van der Waals surface area contributed by atoms with Gasteiger partial charge >= 0.3 is 0 Å². The number of aromatic nitrogens is 1. The monoisotopic (exact) mass is 319 g/mol. The number of ether oxygens (including phenoxy) is 2. The van der Waals surface area contributed by atoms with Gasteiger partial charge in [-0.25, -0.2) is 0 Å². The van der Waals surface area contributed by atoms with Crippen LogP contribution in [0.25, 0.3) is 10.9 Å². The van der Waals surface area contributed by atoms with Gasteiger partial charge in [0.1, 0.15) is 0 Å². The van der Waals surface area contributed by atoms with Gasteiger partial charge in [-0.1, -0.05) is 54.6 Å². The lowest BCUT2D eigenvalue weighted by molar-refractivity contribution is -0.0734. The van der Waals surface area contributed by atoms with Crippen LogP contribution in [0.1, 0.15) is 18.2 Å². The number of benzene rings is 2. The highest BCUT2D eigenvalue weighted by molar-refractivity contribution is 5.80. The Bertz CT molecular complexity index is 822. The summed E-state index contributed by atoms with van der Waals surface area (Å²) in [5.41, 5.74) is 2.38. The van der Waals surface area contributed by atoms with Crippen LogP contribution in [0.2, 0.25) is 0 Å². The minimum absolute atomic E-state index is 0.0658. The van der Waals surface area contributed by atoms with Crippen molar-refractivity contribution >= 4 is 10.9 Å². The fourth-order valence-electron chi connectivity index (χ4n) is 3.12. The molecule has 0 bridgehead atoms. The Morgan fingerprint density at radius 2 is 1.83 bits per heavy atom. The van der Waals surface area contributed by atoms with E-state index in [1.54, 1.807) is 0 Å². The maximum atomic E-state index is 6.23. The molecule has 0 amide bonds. The van der Waals surface area contributed by atoms with Gasteiger partial charge in [0.25, 0.3) is 0 Å². The maximum absolute atomic E-state index is 6.23. The molecule has 0 fully saturated rings. The standard InChI is InChI=1S/C21H21NO2/c1-2-7-17(8-3-1)15-23-16-19-10-6-12-21(24-19)22-14-13-18-9-4-5-11-20(18)22/h1-9,11-14,19,21H,10,15-16H2/t19-,21-/m0/s1. The maximum Gasteiger partial charge on any atom is 0.153 e. The van der Waals surface area contributed by atoms with Gasteiger partial charge in [-0.15, -0.1) is 0 Å².